The number of aliphatic hydroxyl groups excluding tert-OH is 2. The lowest BCUT2D eigenvalue weighted by Crippen LogP contribution is -1.76. The van der Waals surface area contributed by atoms with Gasteiger partial charge in [0.15, 0.2) is 5.09 Å². The van der Waals surface area contributed by atoms with E-state index in [0.717, 1.165) is 11.9 Å². The van der Waals surface area contributed by atoms with Crippen molar-refractivity contribution in [3.05, 3.63) is 23.0 Å². The number of hydrogen-bond donors (Lipinski definition) is 2. The lowest BCUT2D eigenvalue weighted by atomic mass is 10.4. The standard InChI is InChI=1S/C5H5NO2S/c7-4-1-2-5(8)9-6-3-4/h1-3,7-8H. The van der Waals surface area contributed by atoms with Gasteiger partial charge < -0.3 is 10.2 Å². The molecule has 0 saturated heterocycles. The van der Waals surface area contributed by atoms with Gasteiger partial charge in [0.2, 0.25) is 0 Å². The van der Waals surface area contributed by atoms with Gasteiger partial charge in [0.25, 0.3) is 0 Å². The quantitative estimate of drug-likeness (QED) is 0.506. The summed E-state index contributed by atoms with van der Waals surface area (Å²) in [5.74, 6) is 0.0477. The van der Waals surface area contributed by atoms with Crippen LogP contribution in [0.4, 0.5) is 0 Å². The van der Waals surface area contributed by atoms with Crippen molar-refractivity contribution in [1.29, 1.82) is 0 Å². The van der Waals surface area contributed by atoms with Crippen LogP contribution in [0.25, 0.3) is 0 Å². The van der Waals surface area contributed by atoms with Crippen LogP contribution in [-0.2, 0) is 0 Å². The van der Waals surface area contributed by atoms with E-state index in [9.17, 15) is 0 Å². The summed E-state index contributed by atoms with van der Waals surface area (Å²) in [7, 11) is 0. The second kappa shape index (κ2) is 2.59. The van der Waals surface area contributed by atoms with Gasteiger partial charge in [-0.2, -0.15) is 0 Å². The van der Waals surface area contributed by atoms with E-state index in [4.69, 9.17) is 10.2 Å². The molecule has 2 N–H and O–H groups in total. The van der Waals surface area contributed by atoms with Crippen LogP contribution in [0.1, 0.15) is 0 Å². The summed E-state index contributed by atoms with van der Waals surface area (Å²) in [4.78, 5) is 0. The van der Waals surface area contributed by atoms with Crippen LogP contribution < -0.4 is 0 Å². The van der Waals surface area contributed by atoms with Crippen LogP contribution in [0.15, 0.2) is 27.4 Å². The molecule has 48 valence electrons. The molecule has 0 bridgehead atoms. The molecule has 0 unspecified atom stereocenters. The summed E-state index contributed by atoms with van der Waals surface area (Å²) in [5.41, 5.74) is 0. The third-order valence-corrected chi connectivity index (χ3v) is 1.26. The van der Waals surface area contributed by atoms with Crippen molar-refractivity contribution in [2.75, 3.05) is 0 Å². The fourth-order valence-electron chi connectivity index (χ4n) is 0.364. The molecule has 0 aromatic carbocycles. The summed E-state index contributed by atoms with van der Waals surface area (Å²) < 4.78 is 3.59. The van der Waals surface area contributed by atoms with Gasteiger partial charge in [-0.1, -0.05) is 0 Å². The number of rotatable bonds is 0. The average Bonchev–Trinajstić information content (AvgIpc) is 1.97. The molecule has 0 atom stereocenters. The van der Waals surface area contributed by atoms with Crippen LogP contribution in [0.3, 0.4) is 0 Å². The van der Waals surface area contributed by atoms with Gasteiger partial charge in [0.1, 0.15) is 5.76 Å². The number of allylic oxidation sites excluding steroid dienone is 3. The van der Waals surface area contributed by atoms with Gasteiger partial charge in [0.05, 0.1) is 6.21 Å². The smallest absolute Gasteiger partial charge is 0.172 e. The second-order valence-corrected chi connectivity index (χ2v) is 2.23. The SMILES string of the molecule is OC1=CC=C(O)SN=C1. The predicted octanol–water partition coefficient (Wildman–Crippen LogP) is 1.56. The molecule has 0 spiro atoms. The third kappa shape index (κ3) is 1.81. The van der Waals surface area contributed by atoms with E-state index < -0.39 is 0 Å². The van der Waals surface area contributed by atoms with E-state index in [1.165, 1.54) is 18.4 Å². The Kier molecular flexibility index (Phi) is 1.79. The Balaban J connectivity index is 2.80. The molecule has 0 fully saturated rings. The highest BCUT2D eigenvalue weighted by Crippen LogP contribution is 2.15. The molecule has 0 aliphatic carbocycles. The molecule has 4 heteroatoms. The van der Waals surface area contributed by atoms with Gasteiger partial charge in [-0.15, -0.1) is 0 Å². The maximum atomic E-state index is 8.76. The van der Waals surface area contributed by atoms with Gasteiger partial charge >= 0.3 is 0 Å². The number of aliphatic hydroxyl groups is 2. The van der Waals surface area contributed by atoms with Crippen molar-refractivity contribution < 1.29 is 10.2 Å². The molecule has 9 heavy (non-hydrogen) atoms. The highest BCUT2D eigenvalue weighted by molar-refractivity contribution is 8.01. The van der Waals surface area contributed by atoms with Crippen LogP contribution in [0.2, 0.25) is 0 Å². The molecule has 3 nitrogen and oxygen atoms in total. The van der Waals surface area contributed by atoms with Crippen LogP contribution in [-0.4, -0.2) is 16.4 Å². The van der Waals surface area contributed by atoms with Crippen LogP contribution in [0, 0.1) is 0 Å². The minimum absolute atomic E-state index is 0.0477. The van der Waals surface area contributed by atoms with Crippen molar-refractivity contribution in [1.82, 2.24) is 0 Å². The second-order valence-electron chi connectivity index (χ2n) is 1.42. The zero-order chi connectivity index (χ0) is 6.69. The predicted molar refractivity (Wildman–Crippen MR) is 37.5 cm³/mol. The first-order chi connectivity index (χ1) is 4.29. The van der Waals surface area contributed by atoms with Crippen LogP contribution >= 0.6 is 11.9 Å². The molecule has 0 aromatic rings. The molecule has 0 amide bonds. The van der Waals surface area contributed by atoms with Crippen LogP contribution in [0.5, 0.6) is 0 Å². The van der Waals surface area contributed by atoms with E-state index in [2.05, 4.69) is 4.40 Å². The van der Waals surface area contributed by atoms with E-state index >= 15 is 0 Å². The Hall–Kier alpha value is -0.900. The molecule has 1 aliphatic heterocycles. The van der Waals surface area contributed by atoms with E-state index in [1.54, 1.807) is 0 Å². The largest absolute Gasteiger partial charge is 0.506 e. The van der Waals surface area contributed by atoms with Gasteiger partial charge in [0, 0.05) is 11.9 Å². The molecule has 1 rings (SSSR count). The highest BCUT2D eigenvalue weighted by Gasteiger charge is 1.94. The van der Waals surface area contributed by atoms with Gasteiger partial charge in [-0.05, 0) is 12.2 Å². The molecular formula is C5H5NO2S. The Morgan fingerprint density at radius 1 is 1.33 bits per heavy atom. The summed E-state index contributed by atoms with van der Waals surface area (Å²) in [6.45, 7) is 0. The van der Waals surface area contributed by atoms with E-state index in [-0.39, 0.29) is 10.9 Å². The van der Waals surface area contributed by atoms with Crippen molar-refractivity contribution in [3.8, 4) is 0 Å². The van der Waals surface area contributed by atoms with Crippen molar-refractivity contribution >= 4 is 18.2 Å². The number of hydrogen-bond acceptors (Lipinski definition) is 4. The third-order valence-electron chi connectivity index (χ3n) is 0.728. The minimum atomic E-state index is 0.0477. The molecule has 1 aliphatic rings. The lowest BCUT2D eigenvalue weighted by Gasteiger charge is -1.84. The van der Waals surface area contributed by atoms with Crippen molar-refractivity contribution in [3.63, 3.8) is 0 Å². The summed E-state index contributed by atoms with van der Waals surface area (Å²) in [6.07, 6.45) is 4.02. The first-order valence-corrected chi connectivity index (χ1v) is 3.06. The fourth-order valence-corrected chi connectivity index (χ4v) is 0.762. The Labute approximate surface area is 56.6 Å². The topological polar surface area (TPSA) is 52.8 Å². The minimum Gasteiger partial charge on any atom is -0.506 e. The summed E-state index contributed by atoms with van der Waals surface area (Å²) in [5, 5.41) is 17.6. The average molecular weight is 143 g/mol. The van der Waals surface area contributed by atoms with Gasteiger partial charge in [-0.25, -0.2) is 4.40 Å². The maximum absolute atomic E-state index is 8.76. The molecule has 0 radical (unpaired) electrons. The molecule has 0 aromatic heterocycles. The normalized spacial score (nSPS) is 18.2. The highest BCUT2D eigenvalue weighted by atomic mass is 32.2. The van der Waals surface area contributed by atoms with Crippen molar-refractivity contribution in [2.24, 2.45) is 4.40 Å². The zero-order valence-corrected chi connectivity index (χ0v) is 5.30. The Bertz CT molecular complexity index is 195. The fraction of sp³-hybridized carbons (Fsp3) is 0. The Morgan fingerprint density at radius 2 is 2.11 bits per heavy atom. The Morgan fingerprint density at radius 3 is 2.89 bits per heavy atom. The van der Waals surface area contributed by atoms with E-state index in [1.807, 2.05) is 0 Å². The van der Waals surface area contributed by atoms with Crippen molar-refractivity contribution in [2.45, 2.75) is 0 Å². The zero-order valence-electron chi connectivity index (χ0n) is 4.48. The first kappa shape index (κ1) is 6.22. The molecular weight excluding hydrogens is 138 g/mol. The lowest BCUT2D eigenvalue weighted by molar-refractivity contribution is 0.444. The summed E-state index contributed by atoms with van der Waals surface area (Å²) in [6, 6.07) is 0. The summed E-state index contributed by atoms with van der Waals surface area (Å²) >= 11 is 0.917. The monoisotopic (exact) mass is 143 g/mol. The number of nitrogens with zero attached hydrogens (tertiary/aromatic N) is 1. The van der Waals surface area contributed by atoms with E-state index in [0.29, 0.717) is 0 Å². The maximum Gasteiger partial charge on any atom is 0.172 e. The molecule has 1 heterocycles. The van der Waals surface area contributed by atoms with Gasteiger partial charge in [-0.3, -0.25) is 0 Å². The first-order valence-electron chi connectivity index (χ1n) is 2.29. The molecule has 0 saturated carbocycles.